The SMILES string of the molecule is COC(=O)N[C@H](C(=O)N1C[C@@H](C)C[C@H]1c1ncc(-c2ccc3c(c2)COc2cc4c(ccc5[nH]c([C@@]6(C(C)(C)C)C[C@H](C)CN6C(=O)O)nc54)cc2-3)[nH]1)C(C)C. The van der Waals surface area contributed by atoms with Gasteiger partial charge in [0, 0.05) is 24.0 Å². The molecule has 0 spiro atoms. The highest BCUT2D eigenvalue weighted by molar-refractivity contribution is 6.07. The first-order valence-electron chi connectivity index (χ1n) is 19.5. The van der Waals surface area contributed by atoms with Crippen molar-refractivity contribution >= 4 is 39.9 Å². The molecule has 294 valence electrons. The zero-order valence-corrected chi connectivity index (χ0v) is 33.3. The number of carbonyl (C=O) groups excluding carboxylic acids is 2. The molecule has 3 amide bonds. The van der Waals surface area contributed by atoms with E-state index >= 15 is 0 Å². The Morgan fingerprint density at radius 1 is 1.04 bits per heavy atom. The Hall–Kier alpha value is -5.59. The van der Waals surface area contributed by atoms with Crippen LogP contribution in [0.5, 0.6) is 5.75 Å². The molecule has 13 nitrogen and oxygen atoms in total. The third kappa shape index (κ3) is 6.02. The minimum Gasteiger partial charge on any atom is -0.488 e. The number of ether oxygens (including phenoxy) is 2. The summed E-state index contributed by atoms with van der Waals surface area (Å²) in [6, 6.07) is 13.7. The van der Waals surface area contributed by atoms with Gasteiger partial charge in [-0.15, -0.1) is 0 Å². The van der Waals surface area contributed by atoms with E-state index < -0.39 is 29.2 Å². The van der Waals surface area contributed by atoms with E-state index in [4.69, 9.17) is 19.4 Å². The van der Waals surface area contributed by atoms with Crippen LogP contribution in [0.4, 0.5) is 9.59 Å². The van der Waals surface area contributed by atoms with Crippen molar-refractivity contribution in [3.05, 3.63) is 65.9 Å². The Kier molecular flexibility index (Phi) is 9.04. The molecule has 0 saturated carbocycles. The second kappa shape index (κ2) is 13.6. The number of alkyl carbamates (subject to hydrolysis) is 1. The van der Waals surface area contributed by atoms with Gasteiger partial charge in [0.1, 0.15) is 35.6 Å². The maximum absolute atomic E-state index is 13.8. The van der Waals surface area contributed by atoms with Gasteiger partial charge in [0.25, 0.3) is 0 Å². The first kappa shape index (κ1) is 37.3. The highest BCUT2D eigenvalue weighted by atomic mass is 16.5. The van der Waals surface area contributed by atoms with E-state index in [0.717, 1.165) is 61.9 Å². The molecule has 3 aromatic carbocycles. The summed E-state index contributed by atoms with van der Waals surface area (Å²) in [7, 11) is 1.29. The van der Waals surface area contributed by atoms with Gasteiger partial charge < -0.3 is 34.8 Å². The number of hydrogen-bond acceptors (Lipinski definition) is 7. The third-order valence-corrected chi connectivity index (χ3v) is 12.2. The minimum absolute atomic E-state index is 0.121. The predicted octanol–water partition coefficient (Wildman–Crippen LogP) is 8.22. The molecule has 56 heavy (non-hydrogen) atoms. The number of rotatable bonds is 6. The van der Waals surface area contributed by atoms with Gasteiger partial charge in [0.15, 0.2) is 0 Å². The number of carboxylic acid groups (broad SMARTS) is 1. The third-order valence-electron chi connectivity index (χ3n) is 12.2. The second-order valence-corrected chi connectivity index (χ2v) is 17.5. The van der Waals surface area contributed by atoms with Crippen molar-refractivity contribution in [2.45, 2.75) is 85.5 Å². The normalized spacial score (nSPS) is 22.6. The molecule has 0 bridgehead atoms. The Bertz CT molecular complexity index is 2380. The summed E-state index contributed by atoms with van der Waals surface area (Å²) in [5, 5.41) is 15.0. The summed E-state index contributed by atoms with van der Waals surface area (Å²) in [5.41, 5.74) is 5.38. The number of nitrogens with one attached hydrogen (secondary N) is 3. The van der Waals surface area contributed by atoms with Crippen LogP contribution >= 0.6 is 0 Å². The molecule has 5 aromatic rings. The zero-order valence-electron chi connectivity index (χ0n) is 33.3. The molecule has 3 aliphatic rings. The standard InChI is InChI=1S/C43H51N7O6/c1-22(2)35(48-40(52)55-8)38(51)49-19-23(3)13-33(49)37-44-18-32(45-37)26-9-11-28-27(14-26)21-56-34-16-29-25(15-30(28)34)10-12-31-36(29)47-39(46-31)43(42(5,6)7)17-24(4)20-50(43)41(53)54/h9-12,14-16,18,22-24,33,35H,13,17,19-21H2,1-8H3,(H,44,45)(H,46,47)(H,48,52)(H,53,54)/t23-,24-,33-,35-,43+/m0/s1. The molecule has 5 atom stereocenters. The highest BCUT2D eigenvalue weighted by Gasteiger charge is 2.57. The lowest BCUT2D eigenvalue weighted by Crippen LogP contribution is -2.53. The van der Waals surface area contributed by atoms with Crippen LogP contribution < -0.4 is 10.1 Å². The number of benzene rings is 3. The Morgan fingerprint density at radius 3 is 2.54 bits per heavy atom. The van der Waals surface area contributed by atoms with Crippen LogP contribution in [0.15, 0.2) is 48.7 Å². The lowest BCUT2D eigenvalue weighted by atomic mass is 9.70. The molecule has 0 unspecified atom stereocenters. The molecule has 3 aliphatic heterocycles. The molecule has 8 rings (SSSR count). The molecular formula is C43H51N7O6. The van der Waals surface area contributed by atoms with Crippen molar-refractivity contribution in [2.24, 2.45) is 23.2 Å². The zero-order chi connectivity index (χ0) is 39.8. The molecule has 2 fully saturated rings. The van der Waals surface area contributed by atoms with Gasteiger partial charge in [-0.1, -0.05) is 66.7 Å². The van der Waals surface area contributed by atoms with Crippen molar-refractivity contribution in [2.75, 3.05) is 20.2 Å². The molecule has 2 saturated heterocycles. The molecule has 13 heteroatoms. The van der Waals surface area contributed by atoms with Gasteiger partial charge >= 0.3 is 12.2 Å². The van der Waals surface area contributed by atoms with Crippen molar-refractivity contribution in [1.82, 2.24) is 35.1 Å². The number of carbonyl (C=O) groups is 3. The molecule has 2 aromatic heterocycles. The predicted molar refractivity (Wildman–Crippen MR) is 213 cm³/mol. The van der Waals surface area contributed by atoms with E-state index in [0.29, 0.717) is 37.8 Å². The van der Waals surface area contributed by atoms with E-state index in [1.165, 1.54) is 7.11 Å². The quantitative estimate of drug-likeness (QED) is 0.134. The molecule has 5 heterocycles. The highest BCUT2D eigenvalue weighted by Crippen LogP contribution is 2.53. The Balaban J connectivity index is 1.09. The second-order valence-electron chi connectivity index (χ2n) is 17.5. The number of likely N-dealkylation sites (tertiary alicyclic amines) is 2. The molecule has 0 aliphatic carbocycles. The summed E-state index contributed by atoms with van der Waals surface area (Å²) in [4.78, 5) is 58.8. The van der Waals surface area contributed by atoms with Crippen LogP contribution in [-0.4, -0.2) is 79.2 Å². The Morgan fingerprint density at radius 2 is 1.82 bits per heavy atom. The number of imidazole rings is 2. The van der Waals surface area contributed by atoms with Crippen LogP contribution in [0.2, 0.25) is 0 Å². The van der Waals surface area contributed by atoms with Gasteiger partial charge in [0.2, 0.25) is 5.91 Å². The number of H-pyrrole nitrogens is 2. The first-order valence-corrected chi connectivity index (χ1v) is 19.5. The minimum atomic E-state index is -0.930. The summed E-state index contributed by atoms with van der Waals surface area (Å²) < 4.78 is 11.2. The first-order chi connectivity index (χ1) is 26.6. The number of aromatic nitrogens is 4. The summed E-state index contributed by atoms with van der Waals surface area (Å²) in [6.07, 6.45) is 1.70. The smallest absolute Gasteiger partial charge is 0.408 e. The van der Waals surface area contributed by atoms with E-state index in [2.05, 4.69) is 86.3 Å². The average molecular weight is 762 g/mol. The van der Waals surface area contributed by atoms with Crippen LogP contribution in [0.25, 0.3) is 44.2 Å². The monoisotopic (exact) mass is 761 g/mol. The van der Waals surface area contributed by atoms with Gasteiger partial charge in [-0.2, -0.15) is 0 Å². The van der Waals surface area contributed by atoms with E-state index in [-0.39, 0.29) is 29.7 Å². The van der Waals surface area contributed by atoms with Crippen molar-refractivity contribution in [3.63, 3.8) is 0 Å². The van der Waals surface area contributed by atoms with Crippen molar-refractivity contribution in [1.29, 1.82) is 0 Å². The van der Waals surface area contributed by atoms with E-state index in [1.807, 2.05) is 31.0 Å². The number of fused-ring (bicyclic) bond motifs is 6. The number of aromatic amines is 2. The molecule has 4 N–H and O–H groups in total. The van der Waals surface area contributed by atoms with Gasteiger partial charge in [-0.05, 0) is 82.4 Å². The summed E-state index contributed by atoms with van der Waals surface area (Å²) in [6.45, 7) is 15.7. The number of amides is 3. The topological polar surface area (TPSA) is 166 Å². The summed E-state index contributed by atoms with van der Waals surface area (Å²) in [5.74, 6) is 2.36. The average Bonchev–Trinajstić information content (AvgIpc) is 3.97. The van der Waals surface area contributed by atoms with E-state index in [1.54, 1.807) is 4.90 Å². The lowest BCUT2D eigenvalue weighted by molar-refractivity contribution is -0.135. The maximum atomic E-state index is 13.8. The van der Waals surface area contributed by atoms with Gasteiger partial charge in [0.05, 0.1) is 36.1 Å². The fourth-order valence-electron chi connectivity index (χ4n) is 9.41. The number of methoxy groups -OCH3 is 1. The fraction of sp³-hybridized carbons (Fsp3) is 0.465. The van der Waals surface area contributed by atoms with Crippen LogP contribution in [0.1, 0.15) is 84.6 Å². The van der Waals surface area contributed by atoms with Crippen molar-refractivity contribution < 1.29 is 29.0 Å². The number of nitrogens with zero attached hydrogens (tertiary/aromatic N) is 4. The van der Waals surface area contributed by atoms with Gasteiger partial charge in [-0.3, -0.25) is 9.69 Å². The van der Waals surface area contributed by atoms with Crippen LogP contribution in [-0.2, 0) is 21.7 Å². The summed E-state index contributed by atoms with van der Waals surface area (Å²) >= 11 is 0. The Labute approximate surface area is 326 Å². The van der Waals surface area contributed by atoms with Crippen LogP contribution in [0.3, 0.4) is 0 Å². The van der Waals surface area contributed by atoms with Crippen molar-refractivity contribution in [3.8, 4) is 28.1 Å². The van der Waals surface area contributed by atoms with E-state index in [9.17, 15) is 19.5 Å². The largest absolute Gasteiger partial charge is 0.488 e. The lowest BCUT2D eigenvalue weighted by Gasteiger charge is -2.45. The number of hydrogen-bond donors (Lipinski definition) is 4. The molecule has 0 radical (unpaired) electrons. The van der Waals surface area contributed by atoms with Gasteiger partial charge in [-0.25, -0.2) is 19.6 Å². The maximum Gasteiger partial charge on any atom is 0.408 e. The van der Waals surface area contributed by atoms with Crippen LogP contribution in [0, 0.1) is 23.2 Å². The molecular weight excluding hydrogens is 711 g/mol. The fourth-order valence-corrected chi connectivity index (χ4v) is 9.41.